The number of hydrogen-bond acceptors (Lipinski definition) is 4. The van der Waals surface area contributed by atoms with Crippen LogP contribution in [0.15, 0.2) is 53.3 Å². The Morgan fingerprint density at radius 2 is 1.74 bits per heavy atom. The molecule has 1 heterocycles. The monoisotopic (exact) mass is 368 g/mol. The number of fused-ring (bicyclic) bond motifs is 1. The molecule has 3 N–H and O–H groups in total. The molecule has 0 saturated carbocycles. The van der Waals surface area contributed by atoms with Crippen LogP contribution in [0.5, 0.6) is 0 Å². The highest BCUT2D eigenvalue weighted by Crippen LogP contribution is 2.12. The normalized spacial score (nSPS) is 10.7. The molecule has 138 valence electrons. The molecule has 3 aromatic rings. The number of nitrogens with one attached hydrogen (secondary N) is 1. The molecule has 0 atom stereocenters. The zero-order valence-corrected chi connectivity index (χ0v) is 14.3. The Morgan fingerprint density at radius 3 is 2.41 bits per heavy atom. The first kappa shape index (κ1) is 18.2. The minimum absolute atomic E-state index is 0.0655. The summed E-state index contributed by atoms with van der Waals surface area (Å²) in [6.07, 6.45) is 0.513. The van der Waals surface area contributed by atoms with Crippen molar-refractivity contribution in [1.82, 2.24) is 15.1 Å². The largest absolute Gasteiger partial charge is 0.364 e. The van der Waals surface area contributed by atoms with Gasteiger partial charge in [0.15, 0.2) is 5.69 Å². The number of amides is 2. The van der Waals surface area contributed by atoms with Crippen LogP contribution in [0, 0.1) is 5.82 Å². The van der Waals surface area contributed by atoms with E-state index in [2.05, 4.69) is 10.4 Å². The number of halogens is 1. The highest BCUT2D eigenvalue weighted by atomic mass is 19.1. The first-order valence-electron chi connectivity index (χ1n) is 8.26. The van der Waals surface area contributed by atoms with Crippen LogP contribution in [0.1, 0.15) is 16.1 Å². The predicted molar refractivity (Wildman–Crippen MR) is 97.6 cm³/mol. The molecule has 0 bridgehead atoms. The van der Waals surface area contributed by atoms with Gasteiger partial charge >= 0.3 is 0 Å². The highest BCUT2D eigenvalue weighted by Gasteiger charge is 2.15. The fraction of sp³-hybridized carbons (Fsp3) is 0.158. The second-order valence-electron chi connectivity index (χ2n) is 5.95. The molecular weight excluding hydrogens is 351 g/mol. The van der Waals surface area contributed by atoms with Crippen LogP contribution in [-0.4, -0.2) is 28.1 Å². The first-order valence-corrected chi connectivity index (χ1v) is 8.26. The minimum Gasteiger partial charge on any atom is -0.364 e. The number of benzene rings is 2. The molecule has 7 nitrogen and oxygen atoms in total. The van der Waals surface area contributed by atoms with Crippen molar-refractivity contribution in [3.8, 4) is 0 Å². The van der Waals surface area contributed by atoms with Gasteiger partial charge in [0.2, 0.25) is 5.91 Å². The summed E-state index contributed by atoms with van der Waals surface area (Å²) in [4.78, 5) is 36.3. The van der Waals surface area contributed by atoms with Crippen LogP contribution in [0.3, 0.4) is 0 Å². The van der Waals surface area contributed by atoms with Crippen molar-refractivity contribution < 1.29 is 14.0 Å². The highest BCUT2D eigenvalue weighted by molar-refractivity contribution is 6.04. The van der Waals surface area contributed by atoms with Crippen LogP contribution in [0.4, 0.5) is 4.39 Å². The van der Waals surface area contributed by atoms with Crippen molar-refractivity contribution in [1.29, 1.82) is 0 Å². The van der Waals surface area contributed by atoms with E-state index in [1.807, 2.05) is 0 Å². The van der Waals surface area contributed by atoms with E-state index in [9.17, 15) is 18.8 Å². The average Bonchev–Trinajstić information content (AvgIpc) is 2.65. The Hall–Kier alpha value is -3.55. The molecule has 2 amide bonds. The van der Waals surface area contributed by atoms with Crippen molar-refractivity contribution in [2.75, 3.05) is 6.54 Å². The fourth-order valence-corrected chi connectivity index (χ4v) is 2.71. The van der Waals surface area contributed by atoms with Crippen LogP contribution >= 0.6 is 0 Å². The lowest BCUT2D eigenvalue weighted by Gasteiger charge is -2.10. The van der Waals surface area contributed by atoms with E-state index < -0.39 is 17.4 Å². The maximum Gasteiger partial charge on any atom is 0.275 e. The zero-order chi connectivity index (χ0) is 19.4. The lowest BCUT2D eigenvalue weighted by molar-refractivity contribution is -0.121. The van der Waals surface area contributed by atoms with E-state index in [0.29, 0.717) is 18.4 Å². The van der Waals surface area contributed by atoms with E-state index in [4.69, 9.17) is 5.73 Å². The minimum atomic E-state index is -0.781. The van der Waals surface area contributed by atoms with Crippen molar-refractivity contribution >= 4 is 22.6 Å². The second-order valence-corrected chi connectivity index (χ2v) is 5.95. The summed E-state index contributed by atoms with van der Waals surface area (Å²) in [6.45, 7) is -0.0250. The van der Waals surface area contributed by atoms with E-state index in [1.165, 1.54) is 12.1 Å². The third-order valence-electron chi connectivity index (χ3n) is 4.04. The van der Waals surface area contributed by atoms with Crippen LogP contribution < -0.4 is 16.6 Å². The SMILES string of the molecule is NC(=O)c1nn(CC(=O)NCCc2ccc(F)cc2)c(=O)c2ccccc12. The molecule has 0 aliphatic rings. The van der Waals surface area contributed by atoms with Gasteiger partial charge in [-0.3, -0.25) is 14.4 Å². The zero-order valence-electron chi connectivity index (χ0n) is 14.3. The van der Waals surface area contributed by atoms with Gasteiger partial charge in [0, 0.05) is 11.9 Å². The number of nitrogens with zero attached hydrogens (tertiary/aromatic N) is 2. The van der Waals surface area contributed by atoms with Crippen molar-refractivity contribution in [3.05, 3.63) is 76.0 Å². The Labute approximate surface area is 153 Å². The van der Waals surface area contributed by atoms with Gasteiger partial charge in [-0.25, -0.2) is 9.07 Å². The van der Waals surface area contributed by atoms with Gasteiger partial charge in [-0.1, -0.05) is 30.3 Å². The first-order chi connectivity index (χ1) is 13.0. The molecule has 0 aliphatic heterocycles. The third-order valence-corrected chi connectivity index (χ3v) is 4.04. The molecule has 0 fully saturated rings. The molecule has 0 aliphatic carbocycles. The standard InChI is InChI=1S/C19H17FN4O3/c20-13-7-5-12(6-8-13)9-10-22-16(25)11-24-19(27)15-4-2-1-3-14(15)17(23-24)18(21)26/h1-8H,9-11H2,(H2,21,26)(H,22,25). The fourth-order valence-electron chi connectivity index (χ4n) is 2.71. The molecular formula is C19H17FN4O3. The van der Waals surface area contributed by atoms with Crippen LogP contribution in [0.25, 0.3) is 10.8 Å². The van der Waals surface area contributed by atoms with E-state index in [0.717, 1.165) is 10.2 Å². The maximum absolute atomic E-state index is 12.9. The second kappa shape index (κ2) is 7.77. The van der Waals surface area contributed by atoms with Gasteiger partial charge in [-0.2, -0.15) is 5.10 Å². The van der Waals surface area contributed by atoms with Crippen molar-refractivity contribution in [3.63, 3.8) is 0 Å². The molecule has 0 saturated heterocycles. The molecule has 0 spiro atoms. The van der Waals surface area contributed by atoms with Gasteiger partial charge in [-0.15, -0.1) is 0 Å². The van der Waals surface area contributed by atoms with Gasteiger partial charge < -0.3 is 11.1 Å². The lowest BCUT2D eigenvalue weighted by Crippen LogP contribution is -2.36. The number of primary amides is 1. The van der Waals surface area contributed by atoms with Crippen molar-refractivity contribution in [2.45, 2.75) is 13.0 Å². The Kier molecular flexibility index (Phi) is 5.25. The summed E-state index contributed by atoms with van der Waals surface area (Å²) in [6, 6.07) is 12.4. The summed E-state index contributed by atoms with van der Waals surface area (Å²) in [5.41, 5.74) is 5.66. The third kappa shape index (κ3) is 4.17. The Bertz CT molecular complexity index is 1060. The summed E-state index contributed by atoms with van der Waals surface area (Å²) >= 11 is 0. The van der Waals surface area contributed by atoms with Crippen molar-refractivity contribution in [2.24, 2.45) is 5.73 Å². The summed E-state index contributed by atoms with van der Waals surface area (Å²) in [7, 11) is 0. The number of carbonyl (C=O) groups excluding carboxylic acids is 2. The maximum atomic E-state index is 12.9. The predicted octanol–water partition coefficient (Wildman–Crippen LogP) is 0.993. The summed E-state index contributed by atoms with van der Waals surface area (Å²) in [5.74, 6) is -1.54. The smallest absolute Gasteiger partial charge is 0.275 e. The van der Waals surface area contributed by atoms with Gasteiger partial charge in [0.25, 0.3) is 11.5 Å². The number of carbonyl (C=O) groups is 2. The summed E-state index contributed by atoms with van der Waals surface area (Å²) < 4.78 is 13.8. The number of aromatic nitrogens is 2. The molecule has 2 aromatic carbocycles. The van der Waals surface area contributed by atoms with Crippen LogP contribution in [-0.2, 0) is 17.8 Å². The molecule has 27 heavy (non-hydrogen) atoms. The van der Waals surface area contributed by atoms with Gasteiger partial charge in [0.05, 0.1) is 5.39 Å². The van der Waals surface area contributed by atoms with E-state index in [-0.39, 0.29) is 23.4 Å². The summed E-state index contributed by atoms with van der Waals surface area (Å²) in [5, 5.41) is 7.23. The Balaban J connectivity index is 1.73. The quantitative estimate of drug-likeness (QED) is 0.677. The number of nitrogens with two attached hydrogens (primary N) is 1. The van der Waals surface area contributed by atoms with Crippen LogP contribution in [0.2, 0.25) is 0 Å². The molecule has 1 aromatic heterocycles. The Morgan fingerprint density at radius 1 is 1.07 bits per heavy atom. The van der Waals surface area contributed by atoms with Gasteiger partial charge in [0.1, 0.15) is 12.4 Å². The lowest BCUT2D eigenvalue weighted by atomic mass is 10.1. The van der Waals surface area contributed by atoms with Gasteiger partial charge in [-0.05, 0) is 30.2 Å². The average molecular weight is 368 g/mol. The number of hydrogen-bond donors (Lipinski definition) is 2. The van der Waals surface area contributed by atoms with E-state index in [1.54, 1.807) is 36.4 Å². The van der Waals surface area contributed by atoms with E-state index >= 15 is 0 Å². The topological polar surface area (TPSA) is 107 Å². The molecule has 0 radical (unpaired) electrons. The molecule has 3 rings (SSSR count). The number of rotatable bonds is 6. The molecule has 0 unspecified atom stereocenters. The molecule has 8 heteroatoms.